The summed E-state index contributed by atoms with van der Waals surface area (Å²) in [5.74, 6) is 1.87. The van der Waals surface area contributed by atoms with Gasteiger partial charge in [0.25, 0.3) is 0 Å². The quantitative estimate of drug-likeness (QED) is 0.806. The minimum Gasteiger partial charge on any atom is -0.370 e. The Labute approximate surface area is 127 Å². The highest BCUT2D eigenvalue weighted by atomic mass is 15.1. The minimum absolute atomic E-state index is 0.214. The molecular weight excluding hydrogens is 260 g/mol. The van der Waals surface area contributed by atoms with Crippen LogP contribution in [0.4, 0.5) is 11.6 Å². The summed E-state index contributed by atoms with van der Waals surface area (Å²) in [7, 11) is 0. The number of nitrogens with zero attached hydrogens (tertiary/aromatic N) is 2. The number of hydrogen-bond donors (Lipinski definition) is 2. The molecule has 21 heavy (non-hydrogen) atoms. The summed E-state index contributed by atoms with van der Waals surface area (Å²) >= 11 is 0. The van der Waals surface area contributed by atoms with E-state index in [-0.39, 0.29) is 6.04 Å². The summed E-state index contributed by atoms with van der Waals surface area (Å²) in [4.78, 5) is 8.81. The maximum absolute atomic E-state index is 4.44. The zero-order chi connectivity index (χ0) is 15.1. The van der Waals surface area contributed by atoms with Gasteiger partial charge in [0.2, 0.25) is 0 Å². The maximum Gasteiger partial charge on any atom is 0.135 e. The van der Waals surface area contributed by atoms with Crippen molar-refractivity contribution >= 4 is 11.6 Å². The van der Waals surface area contributed by atoms with Gasteiger partial charge in [-0.3, -0.25) is 0 Å². The first-order valence-electron chi connectivity index (χ1n) is 7.65. The molecule has 1 heterocycles. The molecular formula is C17H24N4. The number of aromatic nitrogens is 2. The third kappa shape index (κ3) is 3.94. The Kier molecular flexibility index (Phi) is 5.55. The van der Waals surface area contributed by atoms with Gasteiger partial charge in [-0.05, 0) is 25.8 Å². The molecule has 0 fully saturated rings. The summed E-state index contributed by atoms with van der Waals surface area (Å²) < 4.78 is 0. The van der Waals surface area contributed by atoms with Gasteiger partial charge in [-0.1, -0.05) is 43.7 Å². The van der Waals surface area contributed by atoms with Crippen LogP contribution in [0.2, 0.25) is 0 Å². The van der Waals surface area contributed by atoms with Crippen molar-refractivity contribution in [1.82, 2.24) is 9.97 Å². The van der Waals surface area contributed by atoms with Crippen LogP contribution in [0.5, 0.6) is 0 Å². The monoisotopic (exact) mass is 284 g/mol. The van der Waals surface area contributed by atoms with Gasteiger partial charge in [-0.25, -0.2) is 9.97 Å². The summed E-state index contributed by atoms with van der Waals surface area (Å²) in [6.07, 6.45) is 3.66. The van der Waals surface area contributed by atoms with Gasteiger partial charge in [0.1, 0.15) is 18.0 Å². The molecule has 0 aliphatic heterocycles. The summed E-state index contributed by atoms with van der Waals surface area (Å²) in [6, 6.07) is 10.6. The Morgan fingerprint density at radius 2 is 1.76 bits per heavy atom. The Balaban J connectivity index is 2.24. The van der Waals surface area contributed by atoms with E-state index in [0.717, 1.165) is 31.0 Å². The fourth-order valence-corrected chi connectivity index (χ4v) is 2.37. The van der Waals surface area contributed by atoms with E-state index in [1.807, 2.05) is 6.07 Å². The van der Waals surface area contributed by atoms with Gasteiger partial charge in [-0.2, -0.15) is 0 Å². The minimum atomic E-state index is 0.214. The van der Waals surface area contributed by atoms with Crippen LogP contribution in [-0.4, -0.2) is 16.5 Å². The lowest BCUT2D eigenvalue weighted by atomic mass is 10.1. The lowest BCUT2D eigenvalue weighted by molar-refractivity contribution is 0.846. The zero-order valence-corrected chi connectivity index (χ0v) is 13.1. The van der Waals surface area contributed by atoms with E-state index in [2.05, 4.69) is 65.6 Å². The predicted octanol–water partition coefficient (Wildman–Crippen LogP) is 4.03. The van der Waals surface area contributed by atoms with Crippen molar-refractivity contribution in [2.75, 3.05) is 17.2 Å². The zero-order valence-electron chi connectivity index (χ0n) is 13.1. The van der Waals surface area contributed by atoms with Gasteiger partial charge in [0, 0.05) is 18.2 Å². The highest BCUT2D eigenvalue weighted by Crippen LogP contribution is 2.25. The Morgan fingerprint density at radius 1 is 1.05 bits per heavy atom. The summed E-state index contributed by atoms with van der Waals surface area (Å²) in [6.45, 7) is 7.27. The smallest absolute Gasteiger partial charge is 0.135 e. The molecule has 4 heteroatoms. The van der Waals surface area contributed by atoms with Crippen LogP contribution in [0, 0.1) is 0 Å². The van der Waals surface area contributed by atoms with Gasteiger partial charge in [0.15, 0.2) is 0 Å². The van der Waals surface area contributed by atoms with Gasteiger partial charge in [0.05, 0.1) is 0 Å². The standard InChI is InChI=1S/C17H24N4/c1-4-9-15-16(18-5-2)19-12-20-17(15)21-13(3)14-10-7-6-8-11-14/h6-8,10-13H,4-5,9H2,1-3H3,(H2,18,19,20,21). The molecule has 2 rings (SSSR count). The maximum atomic E-state index is 4.44. The highest BCUT2D eigenvalue weighted by molar-refractivity contribution is 5.58. The molecule has 0 aliphatic rings. The SMILES string of the molecule is CCCc1c(NCC)ncnc1NC(C)c1ccccc1. The predicted molar refractivity (Wildman–Crippen MR) is 88.7 cm³/mol. The van der Waals surface area contributed by atoms with E-state index in [4.69, 9.17) is 0 Å². The lowest BCUT2D eigenvalue weighted by Gasteiger charge is -2.19. The molecule has 0 spiro atoms. The van der Waals surface area contributed by atoms with E-state index in [9.17, 15) is 0 Å². The molecule has 1 aromatic heterocycles. The lowest BCUT2D eigenvalue weighted by Crippen LogP contribution is -2.13. The van der Waals surface area contributed by atoms with Crippen molar-refractivity contribution in [3.05, 3.63) is 47.8 Å². The van der Waals surface area contributed by atoms with E-state index in [0.29, 0.717) is 0 Å². The Bertz CT molecular complexity index is 554. The molecule has 1 atom stereocenters. The molecule has 1 aromatic carbocycles. The van der Waals surface area contributed by atoms with Crippen molar-refractivity contribution in [3.8, 4) is 0 Å². The number of hydrogen-bond acceptors (Lipinski definition) is 4. The van der Waals surface area contributed by atoms with Gasteiger partial charge in [-0.15, -0.1) is 0 Å². The summed E-state index contributed by atoms with van der Waals surface area (Å²) in [5.41, 5.74) is 2.42. The number of anilines is 2. The molecule has 0 saturated heterocycles. The molecule has 0 saturated carbocycles. The second-order valence-corrected chi connectivity index (χ2v) is 5.11. The third-order valence-corrected chi connectivity index (χ3v) is 3.44. The van der Waals surface area contributed by atoms with Crippen molar-refractivity contribution in [1.29, 1.82) is 0 Å². The first kappa shape index (κ1) is 15.3. The number of nitrogens with one attached hydrogen (secondary N) is 2. The van der Waals surface area contributed by atoms with Crippen LogP contribution < -0.4 is 10.6 Å². The van der Waals surface area contributed by atoms with Crippen LogP contribution in [0.15, 0.2) is 36.7 Å². The van der Waals surface area contributed by atoms with E-state index >= 15 is 0 Å². The fourth-order valence-electron chi connectivity index (χ4n) is 2.37. The second-order valence-electron chi connectivity index (χ2n) is 5.11. The molecule has 0 radical (unpaired) electrons. The van der Waals surface area contributed by atoms with E-state index < -0.39 is 0 Å². The number of benzene rings is 1. The second kappa shape index (κ2) is 7.62. The first-order chi connectivity index (χ1) is 10.3. The van der Waals surface area contributed by atoms with Crippen LogP contribution in [0.25, 0.3) is 0 Å². The third-order valence-electron chi connectivity index (χ3n) is 3.44. The molecule has 0 amide bonds. The molecule has 4 nitrogen and oxygen atoms in total. The van der Waals surface area contributed by atoms with E-state index in [1.54, 1.807) is 6.33 Å². The van der Waals surface area contributed by atoms with Crippen LogP contribution in [0.3, 0.4) is 0 Å². The fraction of sp³-hybridized carbons (Fsp3) is 0.412. The largest absolute Gasteiger partial charge is 0.370 e. The van der Waals surface area contributed by atoms with Crippen LogP contribution >= 0.6 is 0 Å². The average Bonchev–Trinajstić information content (AvgIpc) is 2.51. The van der Waals surface area contributed by atoms with Crippen molar-refractivity contribution in [2.24, 2.45) is 0 Å². The Hall–Kier alpha value is -2.10. The average molecular weight is 284 g/mol. The van der Waals surface area contributed by atoms with Crippen molar-refractivity contribution in [3.63, 3.8) is 0 Å². The highest BCUT2D eigenvalue weighted by Gasteiger charge is 2.13. The first-order valence-corrected chi connectivity index (χ1v) is 7.65. The van der Waals surface area contributed by atoms with Crippen molar-refractivity contribution < 1.29 is 0 Å². The molecule has 112 valence electrons. The van der Waals surface area contributed by atoms with E-state index in [1.165, 1.54) is 11.1 Å². The topological polar surface area (TPSA) is 49.8 Å². The van der Waals surface area contributed by atoms with Gasteiger partial charge >= 0.3 is 0 Å². The molecule has 2 aromatic rings. The molecule has 1 unspecified atom stereocenters. The normalized spacial score (nSPS) is 12.0. The van der Waals surface area contributed by atoms with Crippen LogP contribution in [0.1, 0.15) is 44.4 Å². The summed E-state index contributed by atoms with van der Waals surface area (Å²) in [5, 5.41) is 6.84. The number of rotatable bonds is 7. The van der Waals surface area contributed by atoms with Gasteiger partial charge < -0.3 is 10.6 Å². The molecule has 0 bridgehead atoms. The molecule has 2 N–H and O–H groups in total. The van der Waals surface area contributed by atoms with Crippen molar-refractivity contribution in [2.45, 2.75) is 39.7 Å². The molecule has 0 aliphatic carbocycles. The Morgan fingerprint density at radius 3 is 2.43 bits per heavy atom. The van der Waals surface area contributed by atoms with Crippen LogP contribution in [-0.2, 0) is 6.42 Å².